The van der Waals surface area contributed by atoms with Gasteiger partial charge in [-0.1, -0.05) is 0 Å². The van der Waals surface area contributed by atoms with Crippen LogP contribution < -0.4 is 5.32 Å². The van der Waals surface area contributed by atoms with Gasteiger partial charge in [0, 0.05) is 17.2 Å². The summed E-state index contributed by atoms with van der Waals surface area (Å²) in [6.07, 6.45) is 6.08. The van der Waals surface area contributed by atoms with E-state index in [2.05, 4.69) is 27.3 Å². The van der Waals surface area contributed by atoms with Gasteiger partial charge in [-0.2, -0.15) is 0 Å². The number of hydrogen-bond donors (Lipinski definition) is 1. The zero-order chi connectivity index (χ0) is 9.26. The third-order valence-electron chi connectivity index (χ3n) is 1.89. The summed E-state index contributed by atoms with van der Waals surface area (Å²) in [6, 6.07) is 0. The first-order valence-electron chi connectivity index (χ1n) is 4.27. The third kappa shape index (κ3) is 1.64. The summed E-state index contributed by atoms with van der Waals surface area (Å²) in [4.78, 5) is 5.44. The Bertz CT molecular complexity index is 307. The Morgan fingerprint density at radius 1 is 1.69 bits per heavy atom. The molecule has 0 aromatic rings. The molecule has 3 nitrogen and oxygen atoms in total. The standard InChI is InChI=1S/C9H11BrN2O/c1-2-13-12-6-7(10)5-8-9(12)3-4-11-8/h3,5-6,11H,2,4H2,1H3. The fourth-order valence-corrected chi connectivity index (χ4v) is 1.81. The normalized spacial score (nSPS) is 20.2. The predicted octanol–water partition coefficient (Wildman–Crippen LogP) is 1.86. The molecule has 0 fully saturated rings. The van der Waals surface area contributed by atoms with E-state index in [1.165, 1.54) is 0 Å². The molecule has 0 radical (unpaired) electrons. The minimum atomic E-state index is 0.668. The molecule has 2 heterocycles. The molecule has 0 aromatic carbocycles. The second kappa shape index (κ2) is 3.55. The number of fused-ring (bicyclic) bond motifs is 1. The summed E-state index contributed by atoms with van der Waals surface area (Å²) in [5.41, 5.74) is 2.22. The van der Waals surface area contributed by atoms with Gasteiger partial charge in [-0.05, 0) is 35.0 Å². The van der Waals surface area contributed by atoms with Crippen molar-refractivity contribution in [2.75, 3.05) is 13.2 Å². The lowest BCUT2D eigenvalue weighted by molar-refractivity contribution is -0.0846. The van der Waals surface area contributed by atoms with Crippen molar-refractivity contribution >= 4 is 15.9 Å². The third-order valence-corrected chi connectivity index (χ3v) is 2.33. The molecule has 13 heavy (non-hydrogen) atoms. The van der Waals surface area contributed by atoms with E-state index < -0.39 is 0 Å². The van der Waals surface area contributed by atoms with Crippen molar-refractivity contribution in [1.82, 2.24) is 10.4 Å². The number of nitrogens with zero attached hydrogens (tertiary/aromatic N) is 1. The van der Waals surface area contributed by atoms with Crippen LogP contribution in [-0.2, 0) is 4.84 Å². The van der Waals surface area contributed by atoms with Crippen LogP contribution in [0.25, 0.3) is 0 Å². The average Bonchev–Trinajstić information content (AvgIpc) is 2.52. The van der Waals surface area contributed by atoms with Gasteiger partial charge in [0.05, 0.1) is 18.0 Å². The Hall–Kier alpha value is -0.740. The van der Waals surface area contributed by atoms with Gasteiger partial charge in [0.15, 0.2) is 0 Å². The smallest absolute Gasteiger partial charge is 0.0898 e. The number of halogens is 1. The van der Waals surface area contributed by atoms with Crippen LogP contribution in [0, 0.1) is 0 Å². The van der Waals surface area contributed by atoms with E-state index in [4.69, 9.17) is 4.84 Å². The quantitative estimate of drug-likeness (QED) is 0.801. The van der Waals surface area contributed by atoms with Crippen LogP contribution in [0.15, 0.2) is 34.2 Å². The first-order chi connectivity index (χ1) is 6.31. The molecular formula is C9H11BrN2O. The van der Waals surface area contributed by atoms with E-state index in [9.17, 15) is 0 Å². The first-order valence-corrected chi connectivity index (χ1v) is 5.06. The maximum Gasteiger partial charge on any atom is 0.0898 e. The van der Waals surface area contributed by atoms with Crippen molar-refractivity contribution in [3.05, 3.63) is 34.2 Å². The molecule has 4 heteroatoms. The maximum atomic E-state index is 5.44. The zero-order valence-electron chi connectivity index (χ0n) is 7.38. The maximum absolute atomic E-state index is 5.44. The Balaban J connectivity index is 2.25. The Kier molecular flexibility index (Phi) is 2.42. The van der Waals surface area contributed by atoms with Crippen molar-refractivity contribution in [2.24, 2.45) is 0 Å². The van der Waals surface area contributed by atoms with Crippen LogP contribution in [0.1, 0.15) is 6.92 Å². The molecule has 2 aliphatic heterocycles. The van der Waals surface area contributed by atoms with Crippen molar-refractivity contribution < 1.29 is 4.84 Å². The Morgan fingerprint density at radius 2 is 2.54 bits per heavy atom. The zero-order valence-corrected chi connectivity index (χ0v) is 8.97. The number of allylic oxidation sites excluding steroid dienone is 2. The summed E-state index contributed by atoms with van der Waals surface area (Å²) in [5.74, 6) is 0. The van der Waals surface area contributed by atoms with Crippen molar-refractivity contribution in [3.63, 3.8) is 0 Å². The van der Waals surface area contributed by atoms with Crippen LogP contribution >= 0.6 is 15.9 Å². The second-order valence-corrected chi connectivity index (χ2v) is 3.70. The predicted molar refractivity (Wildman–Crippen MR) is 54.6 cm³/mol. The molecule has 0 aliphatic carbocycles. The highest BCUT2D eigenvalue weighted by atomic mass is 79.9. The van der Waals surface area contributed by atoms with E-state index in [0.29, 0.717) is 6.61 Å². The molecule has 0 aromatic heterocycles. The van der Waals surface area contributed by atoms with Gasteiger partial charge in [-0.25, -0.2) is 5.06 Å². The van der Waals surface area contributed by atoms with Crippen molar-refractivity contribution in [1.29, 1.82) is 0 Å². The fourth-order valence-electron chi connectivity index (χ4n) is 1.39. The number of nitrogens with one attached hydrogen (secondary N) is 1. The monoisotopic (exact) mass is 242 g/mol. The molecule has 0 spiro atoms. The first kappa shape index (κ1) is 8.84. The number of rotatable bonds is 2. The second-order valence-electron chi connectivity index (χ2n) is 2.79. The lowest BCUT2D eigenvalue weighted by atomic mass is 10.2. The lowest BCUT2D eigenvalue weighted by Crippen LogP contribution is -2.22. The largest absolute Gasteiger partial charge is 0.380 e. The Labute approximate surface area is 85.8 Å². The topological polar surface area (TPSA) is 24.5 Å². The number of hydroxylamine groups is 2. The molecule has 2 aliphatic rings. The molecule has 1 N–H and O–H groups in total. The molecule has 0 unspecified atom stereocenters. The molecule has 0 saturated heterocycles. The van der Waals surface area contributed by atoms with E-state index >= 15 is 0 Å². The molecule has 0 saturated carbocycles. The summed E-state index contributed by atoms with van der Waals surface area (Å²) in [6.45, 7) is 3.52. The molecular weight excluding hydrogens is 232 g/mol. The summed E-state index contributed by atoms with van der Waals surface area (Å²) < 4.78 is 1.02. The average molecular weight is 243 g/mol. The van der Waals surface area contributed by atoms with E-state index in [0.717, 1.165) is 22.4 Å². The summed E-state index contributed by atoms with van der Waals surface area (Å²) in [7, 11) is 0. The molecule has 70 valence electrons. The van der Waals surface area contributed by atoms with Gasteiger partial charge in [0.2, 0.25) is 0 Å². The van der Waals surface area contributed by atoms with Gasteiger partial charge < -0.3 is 5.32 Å². The highest BCUT2D eigenvalue weighted by molar-refractivity contribution is 9.11. The van der Waals surface area contributed by atoms with Gasteiger partial charge in [0.25, 0.3) is 0 Å². The van der Waals surface area contributed by atoms with Crippen LogP contribution in [-0.4, -0.2) is 18.2 Å². The minimum absolute atomic E-state index is 0.668. The molecule has 0 bridgehead atoms. The van der Waals surface area contributed by atoms with Gasteiger partial charge in [-0.15, -0.1) is 0 Å². The molecule has 0 atom stereocenters. The summed E-state index contributed by atoms with van der Waals surface area (Å²) in [5, 5.41) is 5.04. The van der Waals surface area contributed by atoms with E-state index in [1.54, 1.807) is 5.06 Å². The fraction of sp³-hybridized carbons (Fsp3) is 0.333. The van der Waals surface area contributed by atoms with Crippen molar-refractivity contribution in [2.45, 2.75) is 6.92 Å². The highest BCUT2D eigenvalue weighted by Crippen LogP contribution is 2.27. The van der Waals surface area contributed by atoms with E-state index in [1.807, 2.05) is 19.2 Å². The lowest BCUT2D eigenvalue weighted by Gasteiger charge is -2.24. The SMILES string of the molecule is CCON1C=C(Br)C=C2NCC=C21. The van der Waals surface area contributed by atoms with Crippen LogP contribution in [0.2, 0.25) is 0 Å². The summed E-state index contributed by atoms with van der Waals surface area (Å²) >= 11 is 3.43. The van der Waals surface area contributed by atoms with Crippen LogP contribution in [0.5, 0.6) is 0 Å². The van der Waals surface area contributed by atoms with Crippen LogP contribution in [0.3, 0.4) is 0 Å². The van der Waals surface area contributed by atoms with Gasteiger partial charge in [0.1, 0.15) is 0 Å². The Morgan fingerprint density at radius 3 is 3.31 bits per heavy atom. The van der Waals surface area contributed by atoms with Crippen molar-refractivity contribution in [3.8, 4) is 0 Å². The van der Waals surface area contributed by atoms with Gasteiger partial charge in [-0.3, -0.25) is 4.84 Å². The van der Waals surface area contributed by atoms with Gasteiger partial charge >= 0.3 is 0 Å². The molecule has 2 rings (SSSR count). The minimum Gasteiger partial charge on any atom is -0.380 e. The van der Waals surface area contributed by atoms with E-state index in [-0.39, 0.29) is 0 Å². The highest BCUT2D eigenvalue weighted by Gasteiger charge is 2.20. The molecule has 0 amide bonds. The van der Waals surface area contributed by atoms with Crippen LogP contribution in [0.4, 0.5) is 0 Å². The number of hydrogen-bond acceptors (Lipinski definition) is 3.